The number of piperazine rings is 1. The van der Waals surface area contributed by atoms with Gasteiger partial charge in [0.25, 0.3) is 0 Å². The van der Waals surface area contributed by atoms with E-state index in [1.54, 1.807) is 6.92 Å². The van der Waals surface area contributed by atoms with Crippen LogP contribution in [-0.4, -0.2) is 53.8 Å². The average molecular weight is 381 g/mol. The van der Waals surface area contributed by atoms with Crippen LogP contribution in [0.5, 0.6) is 5.75 Å². The molecule has 6 heteroatoms. The molecule has 1 heterocycles. The lowest BCUT2D eigenvalue weighted by Gasteiger charge is -2.37. The van der Waals surface area contributed by atoms with E-state index in [-0.39, 0.29) is 17.9 Å². The summed E-state index contributed by atoms with van der Waals surface area (Å²) >= 11 is 0. The summed E-state index contributed by atoms with van der Waals surface area (Å²) in [5, 5.41) is 2.96. The van der Waals surface area contributed by atoms with Gasteiger partial charge in [-0.3, -0.25) is 14.5 Å². The van der Waals surface area contributed by atoms with Crippen LogP contribution in [0.3, 0.4) is 0 Å². The van der Waals surface area contributed by atoms with Crippen LogP contribution in [0.25, 0.3) is 0 Å². The van der Waals surface area contributed by atoms with Gasteiger partial charge in [0.05, 0.1) is 6.04 Å². The van der Waals surface area contributed by atoms with Gasteiger partial charge in [0, 0.05) is 38.8 Å². The minimum atomic E-state index is -0.247. The maximum Gasteiger partial charge on any atom is 0.241 e. The van der Waals surface area contributed by atoms with Gasteiger partial charge in [-0.05, 0) is 36.8 Å². The van der Waals surface area contributed by atoms with Crippen LogP contribution in [0, 0.1) is 0 Å². The van der Waals surface area contributed by atoms with Crippen molar-refractivity contribution in [2.45, 2.75) is 26.5 Å². The number of carbonyl (C=O) groups is 2. The quantitative estimate of drug-likeness (QED) is 0.836. The van der Waals surface area contributed by atoms with E-state index in [4.69, 9.17) is 4.74 Å². The summed E-state index contributed by atoms with van der Waals surface area (Å²) in [6.45, 7) is 6.74. The van der Waals surface area contributed by atoms with E-state index < -0.39 is 0 Å². The summed E-state index contributed by atoms with van der Waals surface area (Å²) < 4.78 is 5.77. The number of ether oxygens (including phenoxy) is 1. The predicted molar refractivity (Wildman–Crippen MR) is 109 cm³/mol. The van der Waals surface area contributed by atoms with Crippen LogP contribution in [0.1, 0.15) is 19.4 Å². The predicted octanol–water partition coefficient (Wildman–Crippen LogP) is 2.76. The van der Waals surface area contributed by atoms with E-state index in [0.29, 0.717) is 32.8 Å². The standard InChI is InChI=1S/C22H27N3O3/c1-17(24-12-14-25(15-13-24)18(2)26)22(27)23-20-8-10-21(11-9-20)28-16-19-6-4-3-5-7-19/h3-11,17H,12-16H2,1-2H3,(H,23,27)/t17-/m1/s1. The lowest BCUT2D eigenvalue weighted by Crippen LogP contribution is -2.53. The Morgan fingerprint density at radius 2 is 1.64 bits per heavy atom. The molecule has 2 aromatic carbocycles. The molecule has 0 unspecified atom stereocenters. The van der Waals surface area contributed by atoms with Gasteiger partial charge in [-0.2, -0.15) is 0 Å². The molecule has 0 saturated carbocycles. The Kier molecular flexibility index (Phi) is 6.66. The lowest BCUT2D eigenvalue weighted by atomic mass is 10.2. The minimum absolute atomic E-state index is 0.0470. The fraction of sp³-hybridized carbons (Fsp3) is 0.364. The van der Waals surface area contributed by atoms with Crippen molar-refractivity contribution in [2.24, 2.45) is 0 Å². The van der Waals surface area contributed by atoms with Crippen LogP contribution >= 0.6 is 0 Å². The third kappa shape index (κ3) is 5.33. The van der Waals surface area contributed by atoms with Crippen LogP contribution in [0.15, 0.2) is 54.6 Å². The van der Waals surface area contributed by atoms with Crippen molar-refractivity contribution in [1.29, 1.82) is 0 Å². The number of rotatable bonds is 6. The van der Waals surface area contributed by atoms with Crippen molar-refractivity contribution in [2.75, 3.05) is 31.5 Å². The Bertz CT molecular complexity index is 784. The molecule has 2 amide bonds. The molecule has 1 atom stereocenters. The van der Waals surface area contributed by atoms with Crippen LogP contribution < -0.4 is 10.1 Å². The van der Waals surface area contributed by atoms with Gasteiger partial charge >= 0.3 is 0 Å². The van der Waals surface area contributed by atoms with Gasteiger partial charge in [0.15, 0.2) is 0 Å². The highest BCUT2D eigenvalue weighted by atomic mass is 16.5. The molecule has 0 radical (unpaired) electrons. The fourth-order valence-electron chi connectivity index (χ4n) is 3.21. The first-order chi connectivity index (χ1) is 13.5. The molecule has 1 saturated heterocycles. The Morgan fingerprint density at radius 1 is 1.00 bits per heavy atom. The Morgan fingerprint density at radius 3 is 2.25 bits per heavy atom. The van der Waals surface area contributed by atoms with Gasteiger partial charge in [-0.15, -0.1) is 0 Å². The second-order valence-electron chi connectivity index (χ2n) is 7.01. The number of amides is 2. The maximum absolute atomic E-state index is 12.6. The van der Waals surface area contributed by atoms with E-state index in [1.165, 1.54) is 0 Å². The molecule has 1 aliphatic rings. The zero-order chi connectivity index (χ0) is 19.9. The fourth-order valence-corrected chi connectivity index (χ4v) is 3.21. The second kappa shape index (κ2) is 9.37. The number of anilines is 1. The first-order valence-electron chi connectivity index (χ1n) is 9.60. The smallest absolute Gasteiger partial charge is 0.241 e. The molecule has 148 valence electrons. The molecule has 0 spiro atoms. The SMILES string of the molecule is CC(=O)N1CCN([C@H](C)C(=O)Nc2ccc(OCc3ccccc3)cc2)CC1. The summed E-state index contributed by atoms with van der Waals surface area (Å²) in [5.41, 5.74) is 1.85. The Hall–Kier alpha value is -2.86. The summed E-state index contributed by atoms with van der Waals surface area (Å²) in [4.78, 5) is 27.9. The first kappa shape index (κ1) is 19.9. The highest BCUT2D eigenvalue weighted by Crippen LogP contribution is 2.18. The van der Waals surface area contributed by atoms with Gasteiger partial charge in [-0.25, -0.2) is 0 Å². The monoisotopic (exact) mass is 381 g/mol. The molecule has 0 bridgehead atoms. The van der Waals surface area contributed by atoms with E-state index in [0.717, 1.165) is 17.0 Å². The van der Waals surface area contributed by atoms with E-state index in [2.05, 4.69) is 10.2 Å². The van der Waals surface area contributed by atoms with Crippen molar-refractivity contribution >= 4 is 17.5 Å². The average Bonchev–Trinajstić information content (AvgIpc) is 2.73. The van der Waals surface area contributed by atoms with Crippen LogP contribution in [0.4, 0.5) is 5.69 Å². The number of carbonyl (C=O) groups excluding carboxylic acids is 2. The van der Waals surface area contributed by atoms with Crippen molar-refractivity contribution in [3.8, 4) is 5.75 Å². The van der Waals surface area contributed by atoms with Crippen molar-refractivity contribution in [1.82, 2.24) is 9.80 Å². The summed E-state index contributed by atoms with van der Waals surface area (Å²) in [7, 11) is 0. The number of benzene rings is 2. The molecule has 28 heavy (non-hydrogen) atoms. The summed E-state index contributed by atoms with van der Waals surface area (Å²) in [5.74, 6) is 0.802. The first-order valence-corrected chi connectivity index (χ1v) is 9.60. The highest BCUT2D eigenvalue weighted by Gasteiger charge is 2.26. The molecule has 3 rings (SSSR count). The highest BCUT2D eigenvalue weighted by molar-refractivity contribution is 5.94. The molecule has 6 nitrogen and oxygen atoms in total. The van der Waals surface area contributed by atoms with E-state index in [9.17, 15) is 9.59 Å². The van der Waals surface area contributed by atoms with Crippen LogP contribution in [-0.2, 0) is 16.2 Å². The molecule has 0 aliphatic carbocycles. The molecule has 1 aliphatic heterocycles. The topological polar surface area (TPSA) is 61.9 Å². The van der Waals surface area contributed by atoms with Gasteiger partial charge in [0.2, 0.25) is 11.8 Å². The van der Waals surface area contributed by atoms with Crippen molar-refractivity contribution < 1.29 is 14.3 Å². The number of hydrogen-bond donors (Lipinski definition) is 1. The number of nitrogens with zero attached hydrogens (tertiary/aromatic N) is 2. The Balaban J connectivity index is 1.48. The molecule has 2 aromatic rings. The minimum Gasteiger partial charge on any atom is -0.489 e. The molecule has 0 aromatic heterocycles. The molecular formula is C22H27N3O3. The zero-order valence-corrected chi connectivity index (χ0v) is 16.4. The maximum atomic E-state index is 12.6. The van der Waals surface area contributed by atoms with Crippen molar-refractivity contribution in [3.63, 3.8) is 0 Å². The van der Waals surface area contributed by atoms with Gasteiger partial charge in [-0.1, -0.05) is 30.3 Å². The summed E-state index contributed by atoms with van der Waals surface area (Å²) in [6.07, 6.45) is 0. The molecule has 1 N–H and O–H groups in total. The zero-order valence-electron chi connectivity index (χ0n) is 16.4. The van der Waals surface area contributed by atoms with E-state index in [1.807, 2.05) is 66.4 Å². The third-order valence-corrected chi connectivity index (χ3v) is 5.06. The number of nitrogens with one attached hydrogen (secondary N) is 1. The van der Waals surface area contributed by atoms with Gasteiger partial charge < -0.3 is 15.0 Å². The van der Waals surface area contributed by atoms with Crippen LogP contribution in [0.2, 0.25) is 0 Å². The van der Waals surface area contributed by atoms with E-state index >= 15 is 0 Å². The Labute approximate surface area is 166 Å². The third-order valence-electron chi connectivity index (χ3n) is 5.06. The summed E-state index contributed by atoms with van der Waals surface area (Å²) in [6, 6.07) is 17.1. The number of hydrogen-bond acceptors (Lipinski definition) is 4. The lowest BCUT2D eigenvalue weighted by molar-refractivity contribution is -0.131. The molecule has 1 fully saturated rings. The largest absolute Gasteiger partial charge is 0.489 e. The second-order valence-corrected chi connectivity index (χ2v) is 7.01. The van der Waals surface area contributed by atoms with Gasteiger partial charge in [0.1, 0.15) is 12.4 Å². The molecular weight excluding hydrogens is 354 g/mol. The normalized spacial score (nSPS) is 15.7. The van der Waals surface area contributed by atoms with Crippen molar-refractivity contribution in [3.05, 3.63) is 60.2 Å².